The Morgan fingerprint density at radius 1 is 0.895 bits per heavy atom. The summed E-state index contributed by atoms with van der Waals surface area (Å²) in [5.74, 6) is 3.07. The fraction of sp³-hybridized carbons (Fsp3) is 1.00. The number of unbranched alkanes of at least 4 members (excludes halogenated alkanes) is 2. The van der Waals surface area contributed by atoms with E-state index in [9.17, 15) is 0 Å². The van der Waals surface area contributed by atoms with Gasteiger partial charge in [0.1, 0.15) is 0 Å². The van der Waals surface area contributed by atoms with Crippen LogP contribution in [0.2, 0.25) is 0 Å². The van der Waals surface area contributed by atoms with Gasteiger partial charge in [-0.2, -0.15) is 0 Å². The van der Waals surface area contributed by atoms with Gasteiger partial charge in [-0.25, -0.2) is 0 Å². The van der Waals surface area contributed by atoms with Crippen molar-refractivity contribution in [3.05, 3.63) is 0 Å². The number of methoxy groups -OCH3 is 1. The zero-order valence-corrected chi connectivity index (χ0v) is 13.2. The van der Waals surface area contributed by atoms with Gasteiger partial charge in [-0.3, -0.25) is 0 Å². The highest BCUT2D eigenvalue weighted by atomic mass is 16.5. The first-order chi connectivity index (χ1) is 9.33. The molecule has 0 radical (unpaired) electrons. The Bertz CT molecular complexity index is 230. The Balaban J connectivity index is 1.67. The molecule has 2 fully saturated rings. The lowest BCUT2D eigenvalue weighted by atomic mass is 9.70. The molecule has 0 aromatic rings. The molecule has 112 valence electrons. The first kappa shape index (κ1) is 15.4. The number of hydrogen-bond acceptors (Lipinski definition) is 1. The minimum absolute atomic E-state index is 0.570. The van der Waals surface area contributed by atoms with Crippen LogP contribution < -0.4 is 0 Å². The Morgan fingerprint density at radius 2 is 1.68 bits per heavy atom. The van der Waals surface area contributed by atoms with Gasteiger partial charge in [-0.1, -0.05) is 51.9 Å². The zero-order valence-electron chi connectivity index (χ0n) is 13.2. The molecule has 0 amide bonds. The smallest absolute Gasteiger partial charge is 0.0574 e. The maximum Gasteiger partial charge on any atom is 0.0574 e. The van der Waals surface area contributed by atoms with E-state index in [0.29, 0.717) is 6.10 Å². The van der Waals surface area contributed by atoms with Crippen LogP contribution in [-0.2, 0) is 4.74 Å². The highest BCUT2D eigenvalue weighted by Gasteiger charge is 2.31. The molecule has 2 saturated carbocycles. The minimum Gasteiger partial charge on any atom is -0.381 e. The van der Waals surface area contributed by atoms with Crippen molar-refractivity contribution in [1.29, 1.82) is 0 Å². The van der Waals surface area contributed by atoms with E-state index in [1.54, 1.807) is 0 Å². The van der Waals surface area contributed by atoms with Crippen LogP contribution in [0, 0.1) is 17.8 Å². The Hall–Kier alpha value is -0.0400. The van der Waals surface area contributed by atoms with E-state index in [-0.39, 0.29) is 0 Å². The number of hydrogen-bond donors (Lipinski definition) is 0. The van der Waals surface area contributed by atoms with Crippen molar-refractivity contribution in [2.24, 2.45) is 17.8 Å². The second-order valence-electron chi connectivity index (χ2n) is 7.06. The van der Waals surface area contributed by atoms with Crippen LogP contribution in [0.3, 0.4) is 0 Å². The van der Waals surface area contributed by atoms with Crippen LogP contribution >= 0.6 is 0 Å². The van der Waals surface area contributed by atoms with Crippen molar-refractivity contribution in [2.75, 3.05) is 7.11 Å². The molecule has 19 heavy (non-hydrogen) atoms. The molecule has 0 bridgehead atoms. The van der Waals surface area contributed by atoms with Crippen LogP contribution in [0.5, 0.6) is 0 Å². The van der Waals surface area contributed by atoms with Crippen molar-refractivity contribution in [3.63, 3.8) is 0 Å². The van der Waals surface area contributed by atoms with Crippen molar-refractivity contribution >= 4 is 0 Å². The third kappa shape index (κ3) is 4.77. The van der Waals surface area contributed by atoms with Gasteiger partial charge in [-0.15, -0.1) is 0 Å². The standard InChI is InChI=1S/C18H34O/c1-3-4-5-7-15-10-12-16(13-11-15)17-8-6-9-18(14-17)19-2/h15-18H,3-14H2,1-2H3/t15?,16?,17-,18-/m1/s1. The Kier molecular flexibility index (Phi) is 6.70. The summed E-state index contributed by atoms with van der Waals surface area (Å²) in [7, 11) is 1.90. The van der Waals surface area contributed by atoms with Gasteiger partial charge in [0.25, 0.3) is 0 Å². The summed E-state index contributed by atoms with van der Waals surface area (Å²) in [6, 6.07) is 0. The van der Waals surface area contributed by atoms with Gasteiger partial charge >= 0.3 is 0 Å². The number of ether oxygens (including phenoxy) is 1. The molecular weight excluding hydrogens is 232 g/mol. The first-order valence-electron chi connectivity index (χ1n) is 8.86. The summed E-state index contributed by atoms with van der Waals surface area (Å²) < 4.78 is 5.60. The minimum atomic E-state index is 0.570. The predicted octanol–water partition coefficient (Wildman–Crippen LogP) is 5.58. The van der Waals surface area contributed by atoms with Crippen LogP contribution in [0.15, 0.2) is 0 Å². The Labute approximate surface area is 120 Å². The van der Waals surface area contributed by atoms with Crippen LogP contribution in [-0.4, -0.2) is 13.2 Å². The molecule has 2 aliphatic carbocycles. The third-order valence-electron chi connectivity index (χ3n) is 5.77. The maximum atomic E-state index is 5.60. The lowest BCUT2D eigenvalue weighted by molar-refractivity contribution is 0.0283. The third-order valence-corrected chi connectivity index (χ3v) is 5.77. The summed E-state index contributed by atoms with van der Waals surface area (Å²) in [5.41, 5.74) is 0. The first-order valence-corrected chi connectivity index (χ1v) is 8.86. The van der Waals surface area contributed by atoms with E-state index < -0.39 is 0 Å². The second-order valence-corrected chi connectivity index (χ2v) is 7.06. The zero-order chi connectivity index (χ0) is 13.5. The molecule has 2 aliphatic rings. The van der Waals surface area contributed by atoms with Gasteiger partial charge in [0.2, 0.25) is 0 Å². The van der Waals surface area contributed by atoms with Crippen LogP contribution in [0.1, 0.15) is 84.0 Å². The molecule has 1 heteroatoms. The lowest BCUT2D eigenvalue weighted by Gasteiger charge is -2.38. The molecule has 0 aromatic carbocycles. The average Bonchev–Trinajstić information content (AvgIpc) is 2.48. The molecular formula is C18H34O. The van der Waals surface area contributed by atoms with Gasteiger partial charge in [0.05, 0.1) is 6.10 Å². The van der Waals surface area contributed by atoms with Gasteiger partial charge < -0.3 is 4.74 Å². The molecule has 2 rings (SSSR count). The maximum absolute atomic E-state index is 5.60. The highest BCUT2D eigenvalue weighted by Crippen LogP contribution is 2.41. The van der Waals surface area contributed by atoms with E-state index in [0.717, 1.165) is 17.8 Å². The second kappa shape index (κ2) is 8.29. The average molecular weight is 266 g/mol. The summed E-state index contributed by atoms with van der Waals surface area (Å²) in [5, 5.41) is 0. The summed E-state index contributed by atoms with van der Waals surface area (Å²) in [4.78, 5) is 0. The van der Waals surface area contributed by atoms with Gasteiger partial charge in [0, 0.05) is 7.11 Å². The topological polar surface area (TPSA) is 9.23 Å². The lowest BCUT2D eigenvalue weighted by Crippen LogP contribution is -2.29. The molecule has 1 nitrogen and oxygen atoms in total. The quantitative estimate of drug-likeness (QED) is 0.570. The van der Waals surface area contributed by atoms with E-state index in [1.807, 2.05) is 7.11 Å². The molecule has 0 unspecified atom stereocenters. The SMILES string of the molecule is CCCCCC1CCC([C@@H]2CCC[C@@H](OC)C2)CC1. The van der Waals surface area contributed by atoms with Crippen LogP contribution in [0.4, 0.5) is 0 Å². The molecule has 2 atom stereocenters. The summed E-state index contributed by atoms with van der Waals surface area (Å²) >= 11 is 0. The van der Waals surface area contributed by atoms with Gasteiger partial charge in [0.15, 0.2) is 0 Å². The molecule has 0 saturated heterocycles. The predicted molar refractivity (Wildman–Crippen MR) is 82.3 cm³/mol. The van der Waals surface area contributed by atoms with Crippen molar-refractivity contribution in [1.82, 2.24) is 0 Å². The highest BCUT2D eigenvalue weighted by molar-refractivity contribution is 4.82. The molecule has 0 heterocycles. The molecule has 0 aliphatic heterocycles. The fourth-order valence-electron chi connectivity index (χ4n) is 4.45. The van der Waals surface area contributed by atoms with E-state index in [1.165, 1.54) is 77.0 Å². The van der Waals surface area contributed by atoms with Crippen molar-refractivity contribution in [3.8, 4) is 0 Å². The summed E-state index contributed by atoms with van der Waals surface area (Å²) in [6.07, 6.45) is 18.0. The van der Waals surface area contributed by atoms with E-state index in [4.69, 9.17) is 4.74 Å². The monoisotopic (exact) mass is 266 g/mol. The number of rotatable bonds is 6. The molecule has 0 spiro atoms. The van der Waals surface area contributed by atoms with E-state index in [2.05, 4.69) is 6.92 Å². The van der Waals surface area contributed by atoms with Gasteiger partial charge in [-0.05, 0) is 49.9 Å². The van der Waals surface area contributed by atoms with Crippen molar-refractivity contribution < 1.29 is 4.74 Å². The molecule has 0 aromatic heterocycles. The largest absolute Gasteiger partial charge is 0.381 e. The fourth-order valence-corrected chi connectivity index (χ4v) is 4.45. The van der Waals surface area contributed by atoms with E-state index >= 15 is 0 Å². The van der Waals surface area contributed by atoms with Crippen LogP contribution in [0.25, 0.3) is 0 Å². The van der Waals surface area contributed by atoms with Crippen molar-refractivity contribution in [2.45, 2.75) is 90.1 Å². The summed E-state index contributed by atoms with van der Waals surface area (Å²) in [6.45, 7) is 2.31. The normalized spacial score (nSPS) is 36.3. The Morgan fingerprint density at radius 3 is 2.37 bits per heavy atom. The molecule has 0 N–H and O–H groups in total.